The van der Waals surface area contributed by atoms with Gasteiger partial charge in [-0.05, 0) is 29.8 Å². The van der Waals surface area contributed by atoms with Crippen molar-refractivity contribution in [3.05, 3.63) is 63.8 Å². The molecule has 1 aromatic heterocycles. The standard InChI is InChI=1S/C17H16N2O3S/c1-22-13-6-4-5-12(9-13)10-18-16(20)11-19-14-7-2-3-8-15(14)23-17(19)21/h2-9H,10-11H2,1H3,(H,18,20). The van der Waals surface area contributed by atoms with Crippen LogP contribution in [0.1, 0.15) is 5.56 Å². The number of fused-ring (bicyclic) bond motifs is 1. The lowest BCUT2D eigenvalue weighted by Gasteiger charge is -2.08. The summed E-state index contributed by atoms with van der Waals surface area (Å²) in [4.78, 5) is 24.0. The lowest BCUT2D eigenvalue weighted by Crippen LogP contribution is -2.30. The van der Waals surface area contributed by atoms with E-state index in [9.17, 15) is 9.59 Å². The predicted octanol–water partition coefficient (Wildman–Crippen LogP) is 2.39. The summed E-state index contributed by atoms with van der Waals surface area (Å²) in [5.74, 6) is 0.551. The Hall–Kier alpha value is -2.60. The molecule has 0 radical (unpaired) electrons. The molecule has 0 saturated heterocycles. The highest BCUT2D eigenvalue weighted by molar-refractivity contribution is 7.16. The summed E-state index contributed by atoms with van der Waals surface area (Å²) in [6.07, 6.45) is 0. The zero-order chi connectivity index (χ0) is 16.2. The van der Waals surface area contributed by atoms with Gasteiger partial charge in [-0.25, -0.2) is 0 Å². The monoisotopic (exact) mass is 328 g/mol. The van der Waals surface area contributed by atoms with Gasteiger partial charge >= 0.3 is 4.87 Å². The normalized spacial score (nSPS) is 10.7. The number of thiazole rings is 1. The molecule has 0 atom stereocenters. The Morgan fingerprint density at radius 3 is 2.87 bits per heavy atom. The van der Waals surface area contributed by atoms with Gasteiger partial charge in [0.1, 0.15) is 12.3 Å². The number of methoxy groups -OCH3 is 1. The van der Waals surface area contributed by atoms with Crippen molar-refractivity contribution in [2.24, 2.45) is 0 Å². The van der Waals surface area contributed by atoms with Gasteiger partial charge in [0.05, 0.1) is 17.3 Å². The molecule has 0 aliphatic carbocycles. The number of carbonyl (C=O) groups is 1. The number of benzene rings is 2. The third kappa shape index (κ3) is 3.43. The Morgan fingerprint density at radius 2 is 2.04 bits per heavy atom. The van der Waals surface area contributed by atoms with Crippen LogP contribution in [-0.4, -0.2) is 17.6 Å². The summed E-state index contributed by atoms with van der Waals surface area (Å²) in [5, 5.41) is 2.83. The highest BCUT2D eigenvalue weighted by Gasteiger charge is 2.10. The van der Waals surface area contributed by atoms with E-state index in [0.29, 0.717) is 6.54 Å². The van der Waals surface area contributed by atoms with E-state index < -0.39 is 0 Å². The summed E-state index contributed by atoms with van der Waals surface area (Å²) in [6, 6.07) is 15.0. The van der Waals surface area contributed by atoms with Gasteiger partial charge in [-0.1, -0.05) is 35.6 Å². The Bertz CT molecular complexity index is 898. The minimum atomic E-state index is -0.196. The van der Waals surface area contributed by atoms with Crippen molar-refractivity contribution < 1.29 is 9.53 Å². The maximum atomic E-state index is 12.1. The number of nitrogens with one attached hydrogen (secondary N) is 1. The minimum absolute atomic E-state index is 0.0206. The fraction of sp³-hybridized carbons (Fsp3) is 0.176. The fourth-order valence-electron chi connectivity index (χ4n) is 2.35. The third-order valence-electron chi connectivity index (χ3n) is 3.50. The Kier molecular flexibility index (Phi) is 4.43. The quantitative estimate of drug-likeness (QED) is 0.782. The highest BCUT2D eigenvalue weighted by atomic mass is 32.1. The first-order valence-electron chi connectivity index (χ1n) is 7.15. The van der Waals surface area contributed by atoms with Gasteiger partial charge in [-0.2, -0.15) is 0 Å². The molecule has 1 amide bonds. The van der Waals surface area contributed by atoms with E-state index in [1.807, 2.05) is 48.5 Å². The largest absolute Gasteiger partial charge is 0.497 e. The second-order valence-electron chi connectivity index (χ2n) is 5.05. The fourth-order valence-corrected chi connectivity index (χ4v) is 3.24. The van der Waals surface area contributed by atoms with E-state index in [1.165, 1.54) is 4.57 Å². The molecule has 2 aromatic carbocycles. The molecular formula is C17H16N2O3S. The smallest absolute Gasteiger partial charge is 0.308 e. The van der Waals surface area contributed by atoms with Gasteiger partial charge in [-0.3, -0.25) is 14.2 Å². The molecule has 0 aliphatic rings. The molecule has 6 heteroatoms. The summed E-state index contributed by atoms with van der Waals surface area (Å²) in [6.45, 7) is 0.416. The molecule has 3 rings (SSSR count). The van der Waals surface area contributed by atoms with Gasteiger partial charge < -0.3 is 10.1 Å². The molecule has 3 aromatic rings. The number of amides is 1. The average molecular weight is 328 g/mol. The van der Waals surface area contributed by atoms with Crippen LogP contribution in [0.3, 0.4) is 0 Å². The molecule has 0 spiro atoms. The topological polar surface area (TPSA) is 60.3 Å². The van der Waals surface area contributed by atoms with Crippen molar-refractivity contribution in [2.75, 3.05) is 7.11 Å². The predicted molar refractivity (Wildman–Crippen MR) is 90.9 cm³/mol. The van der Waals surface area contributed by atoms with Gasteiger partial charge in [-0.15, -0.1) is 0 Å². The van der Waals surface area contributed by atoms with E-state index in [1.54, 1.807) is 7.11 Å². The molecule has 5 nitrogen and oxygen atoms in total. The molecule has 1 N–H and O–H groups in total. The maximum Gasteiger partial charge on any atom is 0.308 e. The summed E-state index contributed by atoms with van der Waals surface area (Å²) >= 11 is 1.15. The van der Waals surface area contributed by atoms with Crippen LogP contribution in [0.25, 0.3) is 10.2 Å². The molecule has 0 aliphatic heterocycles. The van der Waals surface area contributed by atoms with Crippen molar-refractivity contribution in [2.45, 2.75) is 13.1 Å². The van der Waals surface area contributed by atoms with Gasteiger partial charge in [0.2, 0.25) is 5.91 Å². The average Bonchev–Trinajstić information content (AvgIpc) is 2.89. The van der Waals surface area contributed by atoms with Crippen LogP contribution >= 0.6 is 11.3 Å². The van der Waals surface area contributed by atoms with Crippen LogP contribution in [0.15, 0.2) is 53.3 Å². The van der Waals surface area contributed by atoms with Crippen molar-refractivity contribution in [1.29, 1.82) is 0 Å². The van der Waals surface area contributed by atoms with Gasteiger partial charge in [0, 0.05) is 6.54 Å². The Labute approximate surface area is 137 Å². The summed E-state index contributed by atoms with van der Waals surface area (Å²) in [7, 11) is 1.60. The van der Waals surface area contributed by atoms with Gasteiger partial charge in [0.15, 0.2) is 0 Å². The van der Waals surface area contributed by atoms with Crippen LogP contribution in [-0.2, 0) is 17.9 Å². The highest BCUT2D eigenvalue weighted by Crippen LogP contribution is 2.16. The SMILES string of the molecule is COc1cccc(CNC(=O)Cn2c(=O)sc3ccccc32)c1. The number of hydrogen-bond acceptors (Lipinski definition) is 4. The first kappa shape index (κ1) is 15.3. The van der Waals surface area contributed by atoms with Crippen molar-refractivity contribution in [1.82, 2.24) is 9.88 Å². The molecule has 0 bridgehead atoms. The first-order valence-corrected chi connectivity index (χ1v) is 7.97. The van der Waals surface area contributed by atoms with Crippen LogP contribution < -0.4 is 14.9 Å². The first-order chi connectivity index (χ1) is 11.2. The number of ether oxygens (including phenoxy) is 1. The van der Waals surface area contributed by atoms with E-state index in [4.69, 9.17) is 4.74 Å². The minimum Gasteiger partial charge on any atom is -0.497 e. The van der Waals surface area contributed by atoms with E-state index in [2.05, 4.69) is 5.32 Å². The second kappa shape index (κ2) is 6.66. The lowest BCUT2D eigenvalue weighted by molar-refractivity contribution is -0.121. The Morgan fingerprint density at radius 1 is 1.22 bits per heavy atom. The number of aromatic nitrogens is 1. The van der Waals surface area contributed by atoms with Crippen molar-refractivity contribution >= 4 is 27.5 Å². The van der Waals surface area contributed by atoms with Crippen molar-refractivity contribution in [3.8, 4) is 5.75 Å². The number of para-hydroxylation sites is 1. The van der Waals surface area contributed by atoms with Crippen LogP contribution in [0.4, 0.5) is 0 Å². The van der Waals surface area contributed by atoms with Crippen molar-refractivity contribution in [3.63, 3.8) is 0 Å². The van der Waals surface area contributed by atoms with Crippen LogP contribution in [0, 0.1) is 0 Å². The molecule has 1 heterocycles. The third-order valence-corrected chi connectivity index (χ3v) is 4.46. The summed E-state index contributed by atoms with van der Waals surface area (Å²) < 4.78 is 7.54. The van der Waals surface area contributed by atoms with E-state index in [0.717, 1.165) is 32.9 Å². The molecule has 23 heavy (non-hydrogen) atoms. The van der Waals surface area contributed by atoms with Crippen LogP contribution in [0.2, 0.25) is 0 Å². The zero-order valence-electron chi connectivity index (χ0n) is 12.6. The lowest BCUT2D eigenvalue weighted by atomic mass is 10.2. The molecule has 0 unspecified atom stereocenters. The molecular weight excluding hydrogens is 312 g/mol. The molecule has 0 fully saturated rings. The van der Waals surface area contributed by atoms with E-state index >= 15 is 0 Å². The Balaban J connectivity index is 1.69. The number of carbonyl (C=O) groups excluding carboxylic acids is 1. The zero-order valence-corrected chi connectivity index (χ0v) is 13.4. The number of rotatable bonds is 5. The second-order valence-corrected chi connectivity index (χ2v) is 6.04. The molecule has 118 valence electrons. The van der Waals surface area contributed by atoms with E-state index in [-0.39, 0.29) is 17.3 Å². The number of nitrogens with zero attached hydrogens (tertiary/aromatic N) is 1. The van der Waals surface area contributed by atoms with Crippen LogP contribution in [0.5, 0.6) is 5.75 Å². The maximum absolute atomic E-state index is 12.1. The molecule has 0 saturated carbocycles. The van der Waals surface area contributed by atoms with Gasteiger partial charge in [0.25, 0.3) is 0 Å². The number of hydrogen-bond donors (Lipinski definition) is 1. The summed E-state index contributed by atoms with van der Waals surface area (Å²) in [5.41, 5.74) is 1.74.